The molecule has 0 heterocycles. The van der Waals surface area contributed by atoms with Crippen LogP contribution >= 0.6 is 0 Å². The van der Waals surface area contributed by atoms with Crippen molar-refractivity contribution in [1.29, 1.82) is 5.26 Å². The number of hydrogen-bond acceptors (Lipinski definition) is 2. The third-order valence-electron chi connectivity index (χ3n) is 4.19. The number of nitrogens with zero attached hydrogens (tertiary/aromatic N) is 1. The topological polar surface area (TPSA) is 33.0 Å². The normalized spacial score (nSPS) is 13.3. The van der Waals surface area contributed by atoms with E-state index in [-0.39, 0.29) is 0 Å². The van der Waals surface area contributed by atoms with Crippen LogP contribution in [0.5, 0.6) is 5.75 Å². The number of rotatable bonds is 3. The zero-order valence-electron chi connectivity index (χ0n) is 12.4. The minimum absolute atomic E-state index is 0.552. The van der Waals surface area contributed by atoms with Crippen molar-refractivity contribution in [1.82, 2.24) is 0 Å². The van der Waals surface area contributed by atoms with Crippen molar-refractivity contribution < 1.29 is 4.74 Å². The first kappa shape index (κ1) is 13.7. The number of fused-ring (bicyclic) bond motifs is 1. The van der Waals surface area contributed by atoms with Crippen LogP contribution in [0.15, 0.2) is 36.4 Å². The van der Waals surface area contributed by atoms with Crippen LogP contribution in [-0.2, 0) is 19.4 Å². The fourth-order valence-electron chi connectivity index (χ4n) is 2.89. The van der Waals surface area contributed by atoms with Crippen molar-refractivity contribution in [3.8, 4) is 11.8 Å². The van der Waals surface area contributed by atoms with Crippen LogP contribution in [0.1, 0.15) is 40.7 Å². The van der Waals surface area contributed by atoms with Crippen LogP contribution in [0.2, 0.25) is 0 Å². The highest BCUT2D eigenvalue weighted by molar-refractivity contribution is 5.39. The van der Waals surface area contributed by atoms with E-state index in [1.807, 2.05) is 25.1 Å². The molecule has 3 rings (SSSR count). The molecular weight excluding hydrogens is 258 g/mol. The molecule has 0 spiro atoms. The van der Waals surface area contributed by atoms with Crippen molar-refractivity contribution in [2.45, 2.75) is 39.2 Å². The predicted octanol–water partition coefficient (Wildman–Crippen LogP) is 4.32. The molecule has 106 valence electrons. The lowest BCUT2D eigenvalue weighted by atomic mass is 9.92. The van der Waals surface area contributed by atoms with Crippen molar-refractivity contribution in [3.05, 3.63) is 64.2 Å². The van der Waals surface area contributed by atoms with Gasteiger partial charge in [-0.1, -0.05) is 12.1 Å². The molecule has 21 heavy (non-hydrogen) atoms. The molecule has 2 heteroatoms. The van der Waals surface area contributed by atoms with Gasteiger partial charge in [-0.15, -0.1) is 0 Å². The third-order valence-corrected chi connectivity index (χ3v) is 4.19. The van der Waals surface area contributed by atoms with Crippen LogP contribution in [0.3, 0.4) is 0 Å². The summed E-state index contributed by atoms with van der Waals surface area (Å²) in [4.78, 5) is 0. The Bertz CT molecular complexity index is 697. The first-order valence-electron chi connectivity index (χ1n) is 7.50. The summed E-state index contributed by atoms with van der Waals surface area (Å²) < 4.78 is 5.93. The standard InChI is InChI=1S/C19H19NO/c1-14-10-15(12-20)6-7-18(14)13-21-19-9-8-16-4-2-3-5-17(16)11-19/h6-11H,2-5,13H2,1H3. The van der Waals surface area contributed by atoms with Crippen LogP contribution in [0, 0.1) is 18.3 Å². The Morgan fingerprint density at radius 1 is 1.05 bits per heavy atom. The maximum Gasteiger partial charge on any atom is 0.120 e. The average Bonchev–Trinajstić information content (AvgIpc) is 2.53. The summed E-state index contributed by atoms with van der Waals surface area (Å²) in [5.74, 6) is 0.944. The zero-order valence-corrected chi connectivity index (χ0v) is 12.4. The quantitative estimate of drug-likeness (QED) is 0.836. The second-order valence-electron chi connectivity index (χ2n) is 5.68. The second kappa shape index (κ2) is 6.01. The van der Waals surface area contributed by atoms with Gasteiger partial charge in [0.15, 0.2) is 0 Å². The summed E-state index contributed by atoms with van der Waals surface area (Å²) in [5.41, 5.74) is 5.85. The highest BCUT2D eigenvalue weighted by atomic mass is 16.5. The van der Waals surface area contributed by atoms with Gasteiger partial charge < -0.3 is 4.74 Å². The maximum atomic E-state index is 8.89. The van der Waals surface area contributed by atoms with Gasteiger partial charge in [0.1, 0.15) is 12.4 Å². The number of ether oxygens (including phenoxy) is 1. The van der Waals surface area contributed by atoms with Gasteiger partial charge in [0.05, 0.1) is 11.6 Å². The molecule has 0 unspecified atom stereocenters. The van der Waals surface area contributed by atoms with Crippen LogP contribution < -0.4 is 4.74 Å². The summed E-state index contributed by atoms with van der Waals surface area (Å²) in [6, 6.07) is 14.4. The van der Waals surface area contributed by atoms with E-state index in [2.05, 4.69) is 24.3 Å². The van der Waals surface area contributed by atoms with Gasteiger partial charge in [-0.05, 0) is 79.1 Å². The van der Waals surface area contributed by atoms with Crippen molar-refractivity contribution in [3.63, 3.8) is 0 Å². The first-order valence-corrected chi connectivity index (χ1v) is 7.50. The minimum atomic E-state index is 0.552. The molecule has 0 aliphatic heterocycles. The molecule has 1 aliphatic rings. The monoisotopic (exact) mass is 277 g/mol. The van der Waals surface area contributed by atoms with Crippen LogP contribution in [0.4, 0.5) is 0 Å². The van der Waals surface area contributed by atoms with Gasteiger partial charge in [0.2, 0.25) is 0 Å². The largest absolute Gasteiger partial charge is 0.489 e. The summed E-state index contributed by atoms with van der Waals surface area (Å²) in [6.45, 7) is 2.57. The van der Waals surface area contributed by atoms with E-state index in [1.54, 1.807) is 0 Å². The molecule has 2 aromatic rings. The Labute approximate surface area is 126 Å². The highest BCUT2D eigenvalue weighted by Gasteiger charge is 2.10. The van der Waals surface area contributed by atoms with Crippen molar-refractivity contribution >= 4 is 0 Å². The Kier molecular flexibility index (Phi) is 3.92. The fourth-order valence-corrected chi connectivity index (χ4v) is 2.89. The van der Waals surface area contributed by atoms with Crippen LogP contribution in [-0.4, -0.2) is 0 Å². The lowest BCUT2D eigenvalue weighted by molar-refractivity contribution is 0.305. The molecular formula is C19H19NO. The summed E-state index contributed by atoms with van der Waals surface area (Å²) in [5, 5.41) is 8.89. The molecule has 0 atom stereocenters. The molecule has 0 N–H and O–H groups in total. The summed E-state index contributed by atoms with van der Waals surface area (Å²) in [6.07, 6.45) is 4.95. The first-order chi connectivity index (χ1) is 10.3. The second-order valence-corrected chi connectivity index (χ2v) is 5.68. The Balaban J connectivity index is 1.72. The molecule has 2 aromatic carbocycles. The Morgan fingerprint density at radius 2 is 1.86 bits per heavy atom. The lowest BCUT2D eigenvalue weighted by Crippen LogP contribution is -2.04. The summed E-state index contributed by atoms with van der Waals surface area (Å²) in [7, 11) is 0. The molecule has 1 aliphatic carbocycles. The minimum Gasteiger partial charge on any atom is -0.489 e. The van der Waals surface area contributed by atoms with Crippen molar-refractivity contribution in [2.75, 3.05) is 0 Å². The van der Waals surface area contributed by atoms with E-state index in [0.29, 0.717) is 12.2 Å². The molecule has 0 saturated carbocycles. The van der Waals surface area contributed by atoms with E-state index in [4.69, 9.17) is 10.00 Å². The fraction of sp³-hybridized carbons (Fsp3) is 0.316. The number of benzene rings is 2. The van der Waals surface area contributed by atoms with E-state index < -0.39 is 0 Å². The van der Waals surface area contributed by atoms with E-state index >= 15 is 0 Å². The number of hydrogen-bond donors (Lipinski definition) is 0. The van der Waals surface area contributed by atoms with Gasteiger partial charge in [-0.25, -0.2) is 0 Å². The van der Waals surface area contributed by atoms with Crippen molar-refractivity contribution in [2.24, 2.45) is 0 Å². The van der Waals surface area contributed by atoms with E-state index in [9.17, 15) is 0 Å². The van der Waals surface area contributed by atoms with E-state index in [1.165, 1.54) is 36.8 Å². The zero-order chi connectivity index (χ0) is 14.7. The van der Waals surface area contributed by atoms with Gasteiger partial charge in [0.25, 0.3) is 0 Å². The number of nitriles is 1. The SMILES string of the molecule is Cc1cc(C#N)ccc1COc1ccc2c(c1)CCCC2. The Morgan fingerprint density at radius 3 is 2.62 bits per heavy atom. The average molecular weight is 277 g/mol. The molecule has 0 saturated heterocycles. The van der Waals surface area contributed by atoms with Crippen LogP contribution in [0.25, 0.3) is 0 Å². The molecule has 0 aromatic heterocycles. The molecule has 2 nitrogen and oxygen atoms in total. The highest BCUT2D eigenvalue weighted by Crippen LogP contribution is 2.26. The smallest absolute Gasteiger partial charge is 0.120 e. The predicted molar refractivity (Wildman–Crippen MR) is 83.3 cm³/mol. The van der Waals surface area contributed by atoms with Gasteiger partial charge in [-0.3, -0.25) is 0 Å². The van der Waals surface area contributed by atoms with Gasteiger partial charge in [0, 0.05) is 0 Å². The number of aryl methyl sites for hydroxylation is 3. The van der Waals surface area contributed by atoms with E-state index in [0.717, 1.165) is 16.9 Å². The summed E-state index contributed by atoms with van der Waals surface area (Å²) >= 11 is 0. The third kappa shape index (κ3) is 3.08. The molecule has 0 fully saturated rings. The Hall–Kier alpha value is -2.27. The molecule has 0 bridgehead atoms. The molecule has 0 radical (unpaired) electrons. The molecule has 0 amide bonds. The van der Waals surface area contributed by atoms with Gasteiger partial charge >= 0.3 is 0 Å². The maximum absolute atomic E-state index is 8.89. The lowest BCUT2D eigenvalue weighted by Gasteiger charge is -2.17. The van der Waals surface area contributed by atoms with Gasteiger partial charge in [-0.2, -0.15) is 5.26 Å².